The minimum atomic E-state index is -0.985. The molecular formula is C24H23ClN2O6. The molecule has 0 aliphatic rings. The zero-order valence-electron chi connectivity index (χ0n) is 18.0. The largest absolute Gasteiger partial charge is 0.507 e. The molecule has 0 saturated heterocycles. The first kappa shape index (κ1) is 23.9. The lowest BCUT2D eigenvalue weighted by Gasteiger charge is -2.14. The molecule has 3 rings (SSSR count). The van der Waals surface area contributed by atoms with Gasteiger partial charge in [0.15, 0.2) is 0 Å². The minimum absolute atomic E-state index is 0.0608. The molecule has 0 aliphatic heterocycles. The van der Waals surface area contributed by atoms with Crippen LogP contribution < -0.4 is 20.1 Å². The van der Waals surface area contributed by atoms with Gasteiger partial charge in [0.25, 0.3) is 11.8 Å². The van der Waals surface area contributed by atoms with Crippen LogP contribution >= 0.6 is 11.6 Å². The molecule has 0 bridgehead atoms. The van der Waals surface area contributed by atoms with Crippen LogP contribution in [0.3, 0.4) is 0 Å². The third-order valence-corrected chi connectivity index (χ3v) is 5.04. The van der Waals surface area contributed by atoms with E-state index >= 15 is 0 Å². The van der Waals surface area contributed by atoms with Gasteiger partial charge in [-0.05, 0) is 48.0 Å². The number of nitrogens with one attached hydrogen (secondary N) is 2. The van der Waals surface area contributed by atoms with Gasteiger partial charge in [0.05, 0.1) is 25.9 Å². The standard InChI is InChI=1S/C24H23ClN2O6/c1-32-18-9-15(10-19(12-18)33-2)23(30)27-17-6-7-21(28)20(11-17)24(31)26-13-22(29)14-4-3-5-16(25)8-14/h3-12,22,28-29H,13H2,1-2H3,(H,26,31)(H,27,30). The Bertz CT molecular complexity index is 1150. The van der Waals surface area contributed by atoms with Crippen LogP contribution in [0.1, 0.15) is 32.4 Å². The number of anilines is 1. The number of carbonyl (C=O) groups excluding carboxylic acids is 2. The van der Waals surface area contributed by atoms with Crippen molar-refractivity contribution in [3.05, 3.63) is 82.4 Å². The molecule has 33 heavy (non-hydrogen) atoms. The number of aliphatic hydroxyl groups excluding tert-OH is 1. The average Bonchev–Trinajstić information content (AvgIpc) is 2.82. The molecule has 172 valence electrons. The molecule has 1 unspecified atom stereocenters. The quantitative estimate of drug-likeness (QED) is 0.372. The molecule has 9 heteroatoms. The molecular weight excluding hydrogens is 448 g/mol. The number of ether oxygens (including phenoxy) is 2. The van der Waals surface area contributed by atoms with Gasteiger partial charge >= 0.3 is 0 Å². The summed E-state index contributed by atoms with van der Waals surface area (Å²) < 4.78 is 10.3. The summed E-state index contributed by atoms with van der Waals surface area (Å²) in [6.45, 7) is -0.0984. The normalized spacial score (nSPS) is 11.4. The maximum absolute atomic E-state index is 12.7. The Morgan fingerprint density at radius 1 is 0.970 bits per heavy atom. The summed E-state index contributed by atoms with van der Waals surface area (Å²) in [6.07, 6.45) is -0.985. The molecule has 0 heterocycles. The summed E-state index contributed by atoms with van der Waals surface area (Å²) in [5.41, 5.74) is 1.06. The van der Waals surface area contributed by atoms with E-state index < -0.39 is 17.9 Å². The molecule has 4 N–H and O–H groups in total. The third kappa shape index (κ3) is 6.15. The highest BCUT2D eigenvalue weighted by atomic mass is 35.5. The van der Waals surface area contributed by atoms with Crippen LogP contribution in [-0.4, -0.2) is 42.8 Å². The number of hydrogen-bond donors (Lipinski definition) is 4. The Hall–Kier alpha value is -3.75. The molecule has 0 spiro atoms. The summed E-state index contributed by atoms with van der Waals surface area (Å²) in [4.78, 5) is 25.3. The molecule has 8 nitrogen and oxygen atoms in total. The monoisotopic (exact) mass is 470 g/mol. The van der Waals surface area contributed by atoms with E-state index in [2.05, 4.69) is 10.6 Å². The summed E-state index contributed by atoms with van der Waals surface area (Å²) >= 11 is 5.93. The topological polar surface area (TPSA) is 117 Å². The Balaban J connectivity index is 1.71. The van der Waals surface area contributed by atoms with Crippen molar-refractivity contribution in [2.45, 2.75) is 6.10 Å². The summed E-state index contributed by atoms with van der Waals surface area (Å²) in [5.74, 6) is -0.453. The fourth-order valence-corrected chi connectivity index (χ4v) is 3.25. The summed E-state index contributed by atoms with van der Waals surface area (Å²) in [7, 11) is 2.95. The van der Waals surface area contributed by atoms with Crippen LogP contribution in [0, 0.1) is 0 Å². The van der Waals surface area contributed by atoms with Crippen molar-refractivity contribution in [1.29, 1.82) is 0 Å². The molecule has 3 aromatic carbocycles. The number of aliphatic hydroxyl groups is 1. The van der Waals surface area contributed by atoms with Crippen molar-refractivity contribution in [2.75, 3.05) is 26.1 Å². The number of benzene rings is 3. The van der Waals surface area contributed by atoms with Crippen LogP contribution in [0.15, 0.2) is 60.7 Å². The van der Waals surface area contributed by atoms with Crippen LogP contribution in [0.4, 0.5) is 5.69 Å². The Kier molecular flexibility index (Phi) is 7.76. The molecule has 3 aromatic rings. The van der Waals surface area contributed by atoms with Gasteiger partial charge in [-0.1, -0.05) is 23.7 Å². The number of aromatic hydroxyl groups is 1. The maximum Gasteiger partial charge on any atom is 0.255 e. The second-order valence-electron chi connectivity index (χ2n) is 7.07. The van der Waals surface area contributed by atoms with E-state index in [0.29, 0.717) is 27.8 Å². The van der Waals surface area contributed by atoms with Gasteiger partial charge < -0.3 is 30.3 Å². The SMILES string of the molecule is COc1cc(OC)cc(C(=O)Nc2ccc(O)c(C(=O)NCC(O)c3cccc(Cl)c3)c2)c1. The smallest absolute Gasteiger partial charge is 0.255 e. The van der Waals surface area contributed by atoms with Gasteiger partial charge in [-0.3, -0.25) is 9.59 Å². The molecule has 0 saturated carbocycles. The van der Waals surface area contributed by atoms with E-state index in [9.17, 15) is 19.8 Å². The third-order valence-electron chi connectivity index (χ3n) is 4.80. The van der Waals surface area contributed by atoms with E-state index in [1.165, 1.54) is 32.4 Å². The lowest BCUT2D eigenvalue weighted by Crippen LogP contribution is -2.28. The molecule has 0 radical (unpaired) electrons. The fourth-order valence-electron chi connectivity index (χ4n) is 3.05. The van der Waals surface area contributed by atoms with E-state index in [-0.39, 0.29) is 23.4 Å². The first-order valence-electron chi connectivity index (χ1n) is 9.90. The Morgan fingerprint density at radius 2 is 1.67 bits per heavy atom. The van der Waals surface area contributed by atoms with Gasteiger partial charge in [-0.15, -0.1) is 0 Å². The van der Waals surface area contributed by atoms with Crippen molar-refractivity contribution < 1.29 is 29.3 Å². The fraction of sp³-hybridized carbons (Fsp3) is 0.167. The van der Waals surface area contributed by atoms with Crippen molar-refractivity contribution in [3.63, 3.8) is 0 Å². The lowest BCUT2D eigenvalue weighted by atomic mass is 10.1. The van der Waals surface area contributed by atoms with E-state index in [0.717, 1.165) is 0 Å². The number of rotatable bonds is 8. The van der Waals surface area contributed by atoms with E-state index in [4.69, 9.17) is 21.1 Å². The number of phenolic OH excluding ortho intramolecular Hbond substituents is 1. The number of halogens is 1. The first-order chi connectivity index (χ1) is 15.8. The van der Waals surface area contributed by atoms with Crippen molar-refractivity contribution in [1.82, 2.24) is 5.32 Å². The van der Waals surface area contributed by atoms with E-state index in [1.807, 2.05) is 0 Å². The maximum atomic E-state index is 12.7. The van der Waals surface area contributed by atoms with Crippen LogP contribution in [0.5, 0.6) is 17.2 Å². The minimum Gasteiger partial charge on any atom is -0.507 e. The van der Waals surface area contributed by atoms with E-state index in [1.54, 1.807) is 42.5 Å². The second kappa shape index (κ2) is 10.7. The summed E-state index contributed by atoms with van der Waals surface area (Å²) in [6, 6.07) is 15.5. The Labute approximate surface area is 195 Å². The molecule has 0 aromatic heterocycles. The van der Waals surface area contributed by atoms with Gasteiger partial charge in [-0.25, -0.2) is 0 Å². The average molecular weight is 471 g/mol. The second-order valence-corrected chi connectivity index (χ2v) is 7.50. The number of amides is 2. The highest BCUT2D eigenvalue weighted by Gasteiger charge is 2.16. The Morgan fingerprint density at radius 3 is 2.30 bits per heavy atom. The van der Waals surface area contributed by atoms with Gasteiger partial charge in [0.2, 0.25) is 0 Å². The highest BCUT2D eigenvalue weighted by Crippen LogP contribution is 2.25. The predicted octanol–water partition coefficient (Wildman–Crippen LogP) is 3.78. The number of hydrogen-bond acceptors (Lipinski definition) is 6. The van der Waals surface area contributed by atoms with Crippen LogP contribution in [-0.2, 0) is 0 Å². The zero-order valence-corrected chi connectivity index (χ0v) is 18.7. The van der Waals surface area contributed by atoms with Gasteiger partial charge in [0.1, 0.15) is 17.2 Å². The molecule has 1 atom stereocenters. The highest BCUT2D eigenvalue weighted by molar-refractivity contribution is 6.30. The summed E-state index contributed by atoms with van der Waals surface area (Å²) in [5, 5.41) is 26.1. The zero-order chi connectivity index (χ0) is 24.0. The number of methoxy groups -OCH3 is 2. The van der Waals surface area contributed by atoms with Crippen LogP contribution in [0.25, 0.3) is 0 Å². The van der Waals surface area contributed by atoms with Crippen molar-refractivity contribution in [3.8, 4) is 17.2 Å². The van der Waals surface area contributed by atoms with Gasteiger partial charge in [-0.2, -0.15) is 0 Å². The van der Waals surface area contributed by atoms with Gasteiger partial charge in [0, 0.05) is 28.9 Å². The first-order valence-corrected chi connectivity index (χ1v) is 10.3. The number of phenols is 1. The number of carbonyl (C=O) groups is 2. The van der Waals surface area contributed by atoms with Crippen LogP contribution in [0.2, 0.25) is 5.02 Å². The van der Waals surface area contributed by atoms with Crippen molar-refractivity contribution in [2.24, 2.45) is 0 Å². The lowest BCUT2D eigenvalue weighted by molar-refractivity contribution is 0.0913. The predicted molar refractivity (Wildman–Crippen MR) is 124 cm³/mol. The molecule has 0 aliphatic carbocycles. The molecule has 2 amide bonds. The van der Waals surface area contributed by atoms with Crippen molar-refractivity contribution >= 4 is 29.1 Å². The molecule has 0 fully saturated rings.